The van der Waals surface area contributed by atoms with Crippen LogP contribution >= 0.6 is 7.14 Å². The standard InChI is InChI=1S/C31H28N2OP/c34-35(26-11-5-2-6-12-26)29-21-24(32-17-7-18-32)13-15-27(29)31(23-9-3-1-4-10-23)28-16-14-25(22-30(28)35)33-19-8-20-33/h1-6,9-16,21-22H,7-8,17-20H2/q+1. The van der Waals surface area contributed by atoms with Crippen molar-refractivity contribution in [2.75, 3.05) is 31.1 Å². The number of hydrogen-bond acceptors (Lipinski definition) is 2. The summed E-state index contributed by atoms with van der Waals surface area (Å²) in [6.07, 6.45) is 9.10. The normalized spacial score (nSPS) is 22.7. The molecule has 172 valence electrons. The fraction of sp³-hybridized carbons (Fsp3) is 0.194. The van der Waals surface area contributed by atoms with E-state index >= 15 is 4.57 Å². The third-order valence-corrected chi connectivity index (χ3v) is 10.9. The number of rotatable bonds is 3. The van der Waals surface area contributed by atoms with E-state index in [4.69, 9.17) is 0 Å². The molecule has 0 amide bonds. The van der Waals surface area contributed by atoms with E-state index in [2.05, 4.69) is 88.4 Å². The average molecular weight is 476 g/mol. The topological polar surface area (TPSA) is 23.3 Å². The summed E-state index contributed by atoms with van der Waals surface area (Å²) in [5.74, 6) is 0. The van der Waals surface area contributed by atoms with Crippen LogP contribution in [0.4, 0.5) is 5.69 Å². The lowest BCUT2D eigenvalue weighted by molar-refractivity contribution is -0.582. The summed E-state index contributed by atoms with van der Waals surface area (Å²) >= 11 is 0. The molecular formula is C31H28N2OP+. The minimum atomic E-state index is -3.08. The molecule has 0 bridgehead atoms. The molecule has 0 N–H and O–H groups in total. The van der Waals surface area contributed by atoms with Crippen LogP contribution in [0.2, 0.25) is 0 Å². The first-order chi connectivity index (χ1) is 17.2. The van der Waals surface area contributed by atoms with Crippen LogP contribution in [0.5, 0.6) is 0 Å². The Balaban J connectivity index is 1.57. The first-order valence-corrected chi connectivity index (χ1v) is 14.3. The van der Waals surface area contributed by atoms with Crippen LogP contribution in [-0.4, -0.2) is 36.5 Å². The van der Waals surface area contributed by atoms with Crippen molar-refractivity contribution in [1.29, 1.82) is 0 Å². The number of fused-ring (bicyclic) bond motifs is 2. The smallest absolute Gasteiger partial charge is 0.200 e. The van der Waals surface area contributed by atoms with Crippen molar-refractivity contribution >= 4 is 34.7 Å². The van der Waals surface area contributed by atoms with Gasteiger partial charge < -0.3 is 9.46 Å². The highest BCUT2D eigenvalue weighted by molar-refractivity contribution is 7.83. The van der Waals surface area contributed by atoms with Crippen LogP contribution in [-0.2, 0) is 4.57 Å². The molecule has 35 heavy (non-hydrogen) atoms. The predicted octanol–water partition coefficient (Wildman–Crippen LogP) is 5.34. The molecule has 4 heteroatoms. The van der Waals surface area contributed by atoms with E-state index in [1.807, 2.05) is 18.2 Å². The lowest BCUT2D eigenvalue weighted by Gasteiger charge is -2.37. The van der Waals surface area contributed by atoms with E-state index in [1.165, 1.54) is 35.4 Å². The largest absolute Gasteiger partial charge is 0.371 e. The number of anilines is 1. The maximum absolute atomic E-state index is 15.6. The van der Waals surface area contributed by atoms with E-state index in [1.54, 1.807) is 0 Å². The van der Waals surface area contributed by atoms with Gasteiger partial charge in [-0.3, -0.25) is 0 Å². The average Bonchev–Trinajstić information content (AvgIpc) is 2.84. The summed E-state index contributed by atoms with van der Waals surface area (Å²) in [5, 5.41) is 2.86. The number of hydrogen-bond donors (Lipinski definition) is 0. The highest BCUT2D eigenvalue weighted by Crippen LogP contribution is 2.61. The molecule has 2 saturated heterocycles. The van der Waals surface area contributed by atoms with Gasteiger partial charge >= 0.3 is 0 Å². The first-order valence-electron chi connectivity index (χ1n) is 12.6. The Morgan fingerprint density at radius 1 is 0.800 bits per heavy atom. The molecule has 1 unspecified atom stereocenters. The minimum Gasteiger partial charge on any atom is -0.371 e. The van der Waals surface area contributed by atoms with Crippen LogP contribution in [0.15, 0.2) is 108 Å². The molecule has 3 nitrogen and oxygen atoms in total. The van der Waals surface area contributed by atoms with Gasteiger partial charge in [-0.05, 0) is 46.9 Å². The number of benzene rings is 3. The summed E-state index contributed by atoms with van der Waals surface area (Å²) in [6, 6.07) is 27.4. The summed E-state index contributed by atoms with van der Waals surface area (Å²) in [4.78, 5) is 2.39. The van der Waals surface area contributed by atoms with E-state index in [0.29, 0.717) is 0 Å². The molecule has 1 atom stereocenters. The Labute approximate surface area is 206 Å². The fourth-order valence-corrected chi connectivity index (χ4v) is 8.72. The fourth-order valence-electron chi connectivity index (χ4n) is 5.63. The van der Waals surface area contributed by atoms with Crippen molar-refractivity contribution in [3.63, 3.8) is 0 Å². The van der Waals surface area contributed by atoms with E-state index < -0.39 is 7.14 Å². The molecule has 0 aromatic heterocycles. The van der Waals surface area contributed by atoms with Gasteiger partial charge in [0.2, 0.25) is 5.71 Å². The molecule has 3 aliphatic heterocycles. The van der Waals surface area contributed by atoms with Crippen molar-refractivity contribution in [2.45, 2.75) is 12.8 Å². The van der Waals surface area contributed by atoms with Gasteiger partial charge in [0.05, 0.1) is 6.42 Å². The summed E-state index contributed by atoms with van der Waals surface area (Å²) < 4.78 is 18.0. The monoisotopic (exact) mass is 475 g/mol. The molecule has 0 spiro atoms. The van der Waals surface area contributed by atoms with Crippen LogP contribution in [0, 0.1) is 0 Å². The van der Waals surface area contributed by atoms with E-state index in [0.717, 1.165) is 53.2 Å². The SMILES string of the molecule is O=P1(c2ccccc2)C2=CC(=[N+]3CCC3)C=CC2=C(c2ccccc2)c2ccc(N3CCC3)cc21. The summed E-state index contributed by atoms with van der Waals surface area (Å²) in [6.45, 7) is 4.28. The lowest BCUT2D eigenvalue weighted by Crippen LogP contribution is -2.38. The second-order valence-electron chi connectivity index (χ2n) is 9.77. The van der Waals surface area contributed by atoms with Gasteiger partial charge in [-0.15, -0.1) is 0 Å². The Hall–Kier alpha value is -3.42. The Bertz CT molecular complexity index is 1500. The zero-order valence-electron chi connectivity index (χ0n) is 19.7. The highest BCUT2D eigenvalue weighted by Gasteiger charge is 2.43. The molecule has 3 heterocycles. The van der Waals surface area contributed by atoms with Gasteiger partial charge in [0.15, 0.2) is 7.14 Å². The Morgan fingerprint density at radius 3 is 2.20 bits per heavy atom. The first kappa shape index (κ1) is 20.9. The van der Waals surface area contributed by atoms with Crippen LogP contribution in [0.25, 0.3) is 5.57 Å². The second kappa shape index (κ2) is 8.07. The van der Waals surface area contributed by atoms with Gasteiger partial charge in [0, 0.05) is 46.9 Å². The molecule has 2 fully saturated rings. The Morgan fingerprint density at radius 2 is 1.54 bits per heavy atom. The molecular weight excluding hydrogens is 447 g/mol. The van der Waals surface area contributed by atoms with Gasteiger partial charge in [-0.25, -0.2) is 4.58 Å². The maximum atomic E-state index is 15.6. The third kappa shape index (κ3) is 3.18. The molecule has 4 aliphatic rings. The molecule has 3 aromatic rings. The van der Waals surface area contributed by atoms with Gasteiger partial charge in [-0.1, -0.05) is 66.7 Å². The molecule has 3 aromatic carbocycles. The minimum absolute atomic E-state index is 0.913. The van der Waals surface area contributed by atoms with Gasteiger partial charge in [0.1, 0.15) is 13.1 Å². The number of nitrogens with zero attached hydrogens (tertiary/aromatic N) is 2. The van der Waals surface area contributed by atoms with E-state index in [-0.39, 0.29) is 0 Å². The third-order valence-electron chi connectivity index (χ3n) is 7.80. The van der Waals surface area contributed by atoms with Gasteiger partial charge in [0.25, 0.3) is 0 Å². The van der Waals surface area contributed by atoms with Crippen molar-refractivity contribution in [3.8, 4) is 0 Å². The molecule has 0 saturated carbocycles. The van der Waals surface area contributed by atoms with Crippen molar-refractivity contribution in [1.82, 2.24) is 0 Å². The van der Waals surface area contributed by atoms with Crippen molar-refractivity contribution < 1.29 is 9.14 Å². The van der Waals surface area contributed by atoms with Crippen molar-refractivity contribution in [3.05, 3.63) is 119 Å². The molecule has 1 aliphatic carbocycles. The molecule has 7 rings (SSSR count). The zero-order chi connectivity index (χ0) is 23.4. The lowest BCUT2D eigenvalue weighted by atomic mass is 9.89. The van der Waals surface area contributed by atoms with Gasteiger partial charge in [-0.2, -0.15) is 0 Å². The summed E-state index contributed by atoms with van der Waals surface area (Å²) in [5.41, 5.74) is 6.90. The van der Waals surface area contributed by atoms with Crippen LogP contribution in [0.3, 0.4) is 0 Å². The predicted molar refractivity (Wildman–Crippen MR) is 146 cm³/mol. The summed E-state index contributed by atoms with van der Waals surface area (Å²) in [7, 11) is -3.08. The quantitative estimate of drug-likeness (QED) is 0.377. The van der Waals surface area contributed by atoms with E-state index in [9.17, 15) is 0 Å². The highest BCUT2D eigenvalue weighted by atomic mass is 31.2. The van der Waals surface area contributed by atoms with Crippen LogP contribution in [0.1, 0.15) is 24.0 Å². The van der Waals surface area contributed by atoms with Crippen molar-refractivity contribution in [2.24, 2.45) is 0 Å². The Kier molecular flexibility index (Phi) is 4.82. The molecule has 0 radical (unpaired) electrons. The number of allylic oxidation sites excluding steroid dienone is 5. The maximum Gasteiger partial charge on any atom is 0.200 e. The zero-order valence-corrected chi connectivity index (χ0v) is 20.6. The van der Waals surface area contributed by atoms with Crippen LogP contribution < -0.4 is 15.5 Å². The second-order valence-corrected chi connectivity index (χ2v) is 12.5.